The van der Waals surface area contributed by atoms with Crippen LogP contribution in [0.1, 0.15) is 6.92 Å². The Morgan fingerprint density at radius 2 is 1.94 bits per heavy atom. The third kappa shape index (κ3) is 10.1. The Kier molecular flexibility index (Phi) is 7.56. The molecule has 0 heterocycles. The summed E-state index contributed by atoms with van der Waals surface area (Å²) in [6.07, 6.45) is 0.740. The van der Waals surface area contributed by atoms with Crippen LogP contribution in [0.25, 0.3) is 0 Å². The molecule has 4 nitrogen and oxygen atoms in total. The molecule has 0 aromatic rings. The molecule has 0 aliphatic rings. The second kappa shape index (κ2) is 7.78. The molecule has 0 aromatic carbocycles. The Morgan fingerprint density at radius 3 is 2.44 bits per heavy atom. The lowest BCUT2D eigenvalue weighted by molar-refractivity contribution is -0.139. The SMILES string of the molecule is C=C(C)C(=O)OCCO[SiH2]CO[Si](C)(C)C. The van der Waals surface area contributed by atoms with Crippen LogP contribution >= 0.6 is 0 Å². The average molecular weight is 262 g/mol. The average Bonchev–Trinajstić information content (AvgIpc) is 2.14. The summed E-state index contributed by atoms with van der Waals surface area (Å²) in [7, 11) is -2.03. The molecule has 16 heavy (non-hydrogen) atoms. The highest BCUT2D eigenvalue weighted by atomic mass is 28.4. The lowest BCUT2D eigenvalue weighted by Gasteiger charge is -2.16. The van der Waals surface area contributed by atoms with E-state index in [1.54, 1.807) is 6.92 Å². The van der Waals surface area contributed by atoms with Gasteiger partial charge in [-0.3, -0.25) is 0 Å². The topological polar surface area (TPSA) is 44.8 Å². The zero-order valence-corrected chi connectivity index (χ0v) is 13.1. The van der Waals surface area contributed by atoms with E-state index in [9.17, 15) is 4.79 Å². The predicted molar refractivity (Wildman–Crippen MR) is 69.6 cm³/mol. The molecular weight excluding hydrogens is 240 g/mol. The molecule has 0 N–H and O–H groups in total. The summed E-state index contributed by atoms with van der Waals surface area (Å²) in [5.74, 6) is -0.358. The molecule has 94 valence electrons. The van der Waals surface area contributed by atoms with Crippen LogP contribution in [0, 0.1) is 0 Å². The van der Waals surface area contributed by atoms with Crippen LogP contribution in [0.15, 0.2) is 12.2 Å². The Morgan fingerprint density at radius 1 is 1.31 bits per heavy atom. The number of esters is 1. The molecular formula is C10H22O4Si2. The second-order valence-electron chi connectivity index (χ2n) is 4.49. The second-order valence-corrected chi connectivity index (χ2v) is 10.2. The fourth-order valence-electron chi connectivity index (χ4n) is 0.825. The number of hydrogen-bond donors (Lipinski definition) is 0. The number of rotatable bonds is 8. The van der Waals surface area contributed by atoms with Crippen molar-refractivity contribution < 1.29 is 18.4 Å². The van der Waals surface area contributed by atoms with Crippen LogP contribution < -0.4 is 0 Å². The molecule has 0 amide bonds. The molecule has 6 heteroatoms. The molecule has 0 saturated heterocycles. The standard InChI is InChI=1S/C10H22O4Si2/c1-9(2)10(11)12-6-7-13-15-8-14-16(3,4)5/h1,6-8,15H2,2-5H3. The minimum atomic E-state index is -1.40. The van der Waals surface area contributed by atoms with Gasteiger partial charge < -0.3 is 13.6 Å². The summed E-state index contributed by atoms with van der Waals surface area (Å²) in [4.78, 5) is 11.0. The van der Waals surface area contributed by atoms with Crippen molar-refractivity contribution in [3.63, 3.8) is 0 Å². The monoisotopic (exact) mass is 262 g/mol. The lowest BCUT2D eigenvalue weighted by atomic mass is 10.4. The summed E-state index contributed by atoms with van der Waals surface area (Å²) < 4.78 is 15.9. The van der Waals surface area contributed by atoms with Gasteiger partial charge in [0.15, 0.2) is 18.1 Å². The Hall–Kier alpha value is -0.436. The van der Waals surface area contributed by atoms with E-state index in [1.807, 2.05) is 0 Å². The number of hydrogen-bond acceptors (Lipinski definition) is 4. The first kappa shape index (κ1) is 15.6. The third-order valence-corrected chi connectivity index (χ3v) is 4.00. The van der Waals surface area contributed by atoms with Crippen molar-refractivity contribution in [3.05, 3.63) is 12.2 Å². The van der Waals surface area contributed by atoms with Crippen molar-refractivity contribution in [2.45, 2.75) is 26.6 Å². The van der Waals surface area contributed by atoms with Gasteiger partial charge >= 0.3 is 5.97 Å². The van der Waals surface area contributed by atoms with Gasteiger partial charge in [0.25, 0.3) is 0 Å². The van der Waals surface area contributed by atoms with E-state index in [0.717, 1.165) is 6.23 Å². The Bertz CT molecular complexity index is 235. The molecule has 0 fully saturated rings. The predicted octanol–water partition coefficient (Wildman–Crippen LogP) is 1.02. The normalized spacial score (nSPS) is 12.0. The first-order valence-corrected chi connectivity index (χ1v) is 10.4. The number of carbonyl (C=O) groups is 1. The fourth-order valence-corrected chi connectivity index (χ4v) is 4.05. The summed E-state index contributed by atoms with van der Waals surface area (Å²) >= 11 is 0. The first-order valence-electron chi connectivity index (χ1n) is 5.37. The van der Waals surface area contributed by atoms with Gasteiger partial charge in [0.1, 0.15) is 6.61 Å². The molecule has 0 aromatic heterocycles. The molecule has 0 rings (SSSR count). The van der Waals surface area contributed by atoms with E-state index < -0.39 is 18.1 Å². The van der Waals surface area contributed by atoms with Gasteiger partial charge in [-0.15, -0.1) is 0 Å². The maximum atomic E-state index is 11.0. The third-order valence-electron chi connectivity index (χ3n) is 1.57. The van der Waals surface area contributed by atoms with Gasteiger partial charge in [0, 0.05) is 11.8 Å². The smallest absolute Gasteiger partial charge is 0.333 e. The molecule has 0 radical (unpaired) electrons. The van der Waals surface area contributed by atoms with Crippen molar-refractivity contribution in [1.82, 2.24) is 0 Å². The summed E-state index contributed by atoms with van der Waals surface area (Å²) in [5.41, 5.74) is 0.416. The van der Waals surface area contributed by atoms with Gasteiger partial charge in [-0.05, 0) is 26.6 Å². The fraction of sp³-hybridized carbons (Fsp3) is 0.700. The van der Waals surface area contributed by atoms with E-state index >= 15 is 0 Å². The van der Waals surface area contributed by atoms with Crippen molar-refractivity contribution in [2.75, 3.05) is 19.4 Å². The zero-order chi connectivity index (χ0) is 12.6. The minimum Gasteiger partial charge on any atom is -0.460 e. The summed E-state index contributed by atoms with van der Waals surface area (Å²) in [5, 5.41) is 0. The van der Waals surface area contributed by atoms with E-state index in [4.69, 9.17) is 13.6 Å². The molecule has 0 aliphatic carbocycles. The van der Waals surface area contributed by atoms with E-state index in [1.165, 1.54) is 0 Å². The van der Waals surface area contributed by atoms with Crippen LogP contribution in [0.4, 0.5) is 0 Å². The highest BCUT2D eigenvalue weighted by molar-refractivity contribution is 6.70. The van der Waals surface area contributed by atoms with E-state index in [2.05, 4.69) is 26.2 Å². The molecule has 0 atom stereocenters. The molecule has 0 bridgehead atoms. The van der Waals surface area contributed by atoms with Gasteiger partial charge in [0.2, 0.25) is 0 Å². The van der Waals surface area contributed by atoms with Gasteiger partial charge in [-0.1, -0.05) is 6.58 Å². The van der Waals surface area contributed by atoms with Crippen molar-refractivity contribution in [1.29, 1.82) is 0 Å². The molecule has 0 saturated carbocycles. The van der Waals surface area contributed by atoms with Crippen LogP contribution in [-0.2, 0) is 18.4 Å². The minimum absolute atomic E-state index is 0.297. The van der Waals surface area contributed by atoms with E-state index in [0.29, 0.717) is 18.8 Å². The summed E-state index contributed by atoms with van der Waals surface area (Å²) in [6.45, 7) is 12.3. The summed E-state index contributed by atoms with van der Waals surface area (Å²) in [6, 6.07) is 0. The van der Waals surface area contributed by atoms with Gasteiger partial charge in [0.05, 0.1) is 6.61 Å². The lowest BCUT2D eigenvalue weighted by Crippen LogP contribution is -2.28. The largest absolute Gasteiger partial charge is 0.460 e. The zero-order valence-electron chi connectivity index (χ0n) is 10.7. The van der Waals surface area contributed by atoms with Gasteiger partial charge in [-0.25, -0.2) is 4.79 Å². The molecule has 0 unspecified atom stereocenters. The van der Waals surface area contributed by atoms with Crippen LogP contribution in [0.5, 0.6) is 0 Å². The van der Waals surface area contributed by atoms with Crippen LogP contribution in [0.3, 0.4) is 0 Å². The Balaban J connectivity index is 3.29. The molecule has 0 aliphatic heterocycles. The van der Waals surface area contributed by atoms with Crippen molar-refractivity contribution in [3.8, 4) is 0 Å². The van der Waals surface area contributed by atoms with Crippen molar-refractivity contribution >= 4 is 24.0 Å². The maximum Gasteiger partial charge on any atom is 0.333 e. The van der Waals surface area contributed by atoms with Crippen LogP contribution in [0.2, 0.25) is 19.6 Å². The first-order chi connectivity index (χ1) is 7.33. The number of ether oxygens (including phenoxy) is 1. The maximum absolute atomic E-state index is 11.0. The van der Waals surface area contributed by atoms with Gasteiger partial charge in [-0.2, -0.15) is 0 Å². The van der Waals surface area contributed by atoms with Crippen molar-refractivity contribution in [2.24, 2.45) is 0 Å². The quantitative estimate of drug-likeness (QED) is 0.283. The number of carbonyl (C=O) groups excluding carboxylic acids is 1. The highest BCUT2D eigenvalue weighted by Crippen LogP contribution is 2.00. The molecule has 0 spiro atoms. The Labute approximate surface area is 101 Å². The van der Waals surface area contributed by atoms with Crippen LogP contribution in [-0.4, -0.2) is 43.5 Å². The van der Waals surface area contributed by atoms with E-state index in [-0.39, 0.29) is 5.97 Å². The highest BCUT2D eigenvalue weighted by Gasteiger charge is 2.13.